The fraction of sp³-hybridized carbons (Fsp3) is 0.818. The molecule has 0 unspecified atom stereocenters. The maximum Gasteiger partial charge on any atom is 0.0885 e. The summed E-state index contributed by atoms with van der Waals surface area (Å²) in [6.07, 6.45) is 6.02. The Balaban J connectivity index is 3.19. The van der Waals surface area contributed by atoms with E-state index in [1.54, 1.807) is 0 Å². The van der Waals surface area contributed by atoms with E-state index in [2.05, 4.69) is 25.7 Å². The van der Waals surface area contributed by atoms with Crippen molar-refractivity contribution < 1.29 is 4.74 Å². The minimum absolute atomic E-state index is 0.840. The van der Waals surface area contributed by atoms with Crippen LogP contribution in [0.5, 0.6) is 0 Å². The normalized spacial score (nSPS) is 11.4. The van der Waals surface area contributed by atoms with Crippen LogP contribution in [0, 0.1) is 0 Å². The number of allylic oxidation sites excluding steroid dienone is 1. The smallest absolute Gasteiger partial charge is 0.0885 e. The molecule has 0 saturated heterocycles. The van der Waals surface area contributed by atoms with E-state index >= 15 is 0 Å². The van der Waals surface area contributed by atoms with Crippen LogP contribution in [0.1, 0.15) is 33.6 Å². The standard InChI is InChI=1S/C11H23NO/c1-4-7-10-13-11-8-9-12(5-2)6-3/h7,10H,4-6,8-9,11H2,1-3H3. The second kappa shape index (κ2) is 9.59. The Hall–Kier alpha value is -0.500. The van der Waals surface area contributed by atoms with Crippen molar-refractivity contribution in [2.24, 2.45) is 0 Å². The Labute approximate surface area is 82.6 Å². The van der Waals surface area contributed by atoms with Crippen molar-refractivity contribution in [3.05, 3.63) is 12.3 Å². The summed E-state index contributed by atoms with van der Waals surface area (Å²) in [5.41, 5.74) is 0. The van der Waals surface area contributed by atoms with Gasteiger partial charge in [-0.05, 0) is 25.9 Å². The zero-order valence-corrected chi connectivity index (χ0v) is 9.25. The highest BCUT2D eigenvalue weighted by molar-refractivity contribution is 4.70. The number of ether oxygens (including phenoxy) is 1. The van der Waals surface area contributed by atoms with Crippen LogP contribution in [0.2, 0.25) is 0 Å². The van der Waals surface area contributed by atoms with Gasteiger partial charge >= 0.3 is 0 Å². The zero-order chi connectivity index (χ0) is 9.94. The Bertz CT molecular complexity index is 119. The molecule has 0 radical (unpaired) electrons. The summed E-state index contributed by atoms with van der Waals surface area (Å²) in [6, 6.07) is 0. The molecule has 0 saturated carbocycles. The molecular weight excluding hydrogens is 162 g/mol. The van der Waals surface area contributed by atoms with Crippen LogP contribution in [0.3, 0.4) is 0 Å². The third-order valence-electron chi connectivity index (χ3n) is 2.06. The predicted molar refractivity (Wildman–Crippen MR) is 57.8 cm³/mol. The van der Waals surface area contributed by atoms with Crippen molar-refractivity contribution in [3.8, 4) is 0 Å². The van der Waals surface area contributed by atoms with Crippen LogP contribution in [0.15, 0.2) is 12.3 Å². The van der Waals surface area contributed by atoms with Gasteiger partial charge in [-0.1, -0.05) is 26.8 Å². The van der Waals surface area contributed by atoms with E-state index < -0.39 is 0 Å². The molecule has 0 heterocycles. The van der Waals surface area contributed by atoms with E-state index in [1.165, 1.54) is 0 Å². The van der Waals surface area contributed by atoms with E-state index in [9.17, 15) is 0 Å². The Kier molecular flexibility index (Phi) is 9.22. The lowest BCUT2D eigenvalue weighted by Gasteiger charge is -2.17. The Morgan fingerprint density at radius 3 is 2.38 bits per heavy atom. The largest absolute Gasteiger partial charge is 0.501 e. The highest BCUT2D eigenvalue weighted by Gasteiger charge is 1.96. The Morgan fingerprint density at radius 2 is 1.85 bits per heavy atom. The van der Waals surface area contributed by atoms with E-state index in [4.69, 9.17) is 4.74 Å². The maximum atomic E-state index is 5.31. The molecule has 0 aromatic heterocycles. The van der Waals surface area contributed by atoms with Crippen molar-refractivity contribution in [1.29, 1.82) is 0 Å². The predicted octanol–water partition coefficient (Wildman–Crippen LogP) is 2.66. The third-order valence-corrected chi connectivity index (χ3v) is 2.06. The van der Waals surface area contributed by atoms with Gasteiger partial charge in [0.2, 0.25) is 0 Å². The molecule has 78 valence electrons. The van der Waals surface area contributed by atoms with Crippen LogP contribution in [-0.2, 0) is 4.74 Å². The van der Waals surface area contributed by atoms with Gasteiger partial charge in [0, 0.05) is 6.54 Å². The first-order chi connectivity index (χ1) is 6.35. The van der Waals surface area contributed by atoms with Gasteiger partial charge in [0.15, 0.2) is 0 Å². The van der Waals surface area contributed by atoms with Gasteiger partial charge in [0.05, 0.1) is 12.9 Å². The van der Waals surface area contributed by atoms with Gasteiger partial charge < -0.3 is 9.64 Å². The van der Waals surface area contributed by atoms with Gasteiger partial charge in [0.1, 0.15) is 0 Å². The van der Waals surface area contributed by atoms with Crippen molar-refractivity contribution >= 4 is 0 Å². The first-order valence-corrected chi connectivity index (χ1v) is 5.34. The zero-order valence-electron chi connectivity index (χ0n) is 9.25. The maximum absolute atomic E-state index is 5.31. The van der Waals surface area contributed by atoms with Crippen molar-refractivity contribution in [2.75, 3.05) is 26.2 Å². The first kappa shape index (κ1) is 12.5. The molecule has 0 spiro atoms. The van der Waals surface area contributed by atoms with E-state index in [1.807, 2.05) is 12.3 Å². The number of nitrogens with zero attached hydrogens (tertiary/aromatic N) is 1. The number of hydrogen-bond acceptors (Lipinski definition) is 2. The van der Waals surface area contributed by atoms with Crippen LogP contribution < -0.4 is 0 Å². The molecule has 0 bridgehead atoms. The van der Waals surface area contributed by atoms with Crippen molar-refractivity contribution in [2.45, 2.75) is 33.6 Å². The van der Waals surface area contributed by atoms with Gasteiger partial charge in [-0.15, -0.1) is 0 Å². The van der Waals surface area contributed by atoms with Gasteiger partial charge in [-0.25, -0.2) is 0 Å². The molecule has 0 N–H and O–H groups in total. The second-order valence-electron chi connectivity index (χ2n) is 3.03. The number of rotatable bonds is 8. The summed E-state index contributed by atoms with van der Waals surface area (Å²) in [5, 5.41) is 0. The van der Waals surface area contributed by atoms with Crippen LogP contribution in [0.25, 0.3) is 0 Å². The molecule has 0 aliphatic rings. The Morgan fingerprint density at radius 1 is 1.15 bits per heavy atom. The fourth-order valence-electron chi connectivity index (χ4n) is 1.14. The molecule has 0 aliphatic carbocycles. The average Bonchev–Trinajstić information content (AvgIpc) is 2.17. The summed E-state index contributed by atoms with van der Waals surface area (Å²) in [7, 11) is 0. The first-order valence-electron chi connectivity index (χ1n) is 5.34. The monoisotopic (exact) mass is 185 g/mol. The molecule has 0 aromatic rings. The SMILES string of the molecule is CCC=COCCCN(CC)CC. The van der Waals surface area contributed by atoms with Crippen LogP contribution in [0.4, 0.5) is 0 Å². The second-order valence-corrected chi connectivity index (χ2v) is 3.03. The lowest BCUT2D eigenvalue weighted by molar-refractivity contribution is 0.211. The van der Waals surface area contributed by atoms with E-state index in [-0.39, 0.29) is 0 Å². The van der Waals surface area contributed by atoms with Gasteiger partial charge in [0.25, 0.3) is 0 Å². The van der Waals surface area contributed by atoms with Crippen molar-refractivity contribution in [1.82, 2.24) is 4.90 Å². The third kappa shape index (κ3) is 7.85. The topological polar surface area (TPSA) is 12.5 Å². The molecular formula is C11H23NO. The molecule has 0 atom stereocenters. The summed E-state index contributed by atoms with van der Waals surface area (Å²) in [4.78, 5) is 2.41. The van der Waals surface area contributed by atoms with Crippen LogP contribution in [-0.4, -0.2) is 31.1 Å². The molecule has 0 fully saturated rings. The summed E-state index contributed by atoms with van der Waals surface area (Å²) >= 11 is 0. The minimum Gasteiger partial charge on any atom is -0.501 e. The van der Waals surface area contributed by atoms with Gasteiger partial charge in [-0.2, -0.15) is 0 Å². The minimum atomic E-state index is 0.840. The fourth-order valence-corrected chi connectivity index (χ4v) is 1.14. The van der Waals surface area contributed by atoms with Crippen molar-refractivity contribution in [3.63, 3.8) is 0 Å². The average molecular weight is 185 g/mol. The summed E-state index contributed by atoms with van der Waals surface area (Å²) < 4.78 is 5.31. The molecule has 0 aromatic carbocycles. The lowest BCUT2D eigenvalue weighted by atomic mass is 10.4. The summed E-state index contributed by atoms with van der Waals surface area (Å²) in [5.74, 6) is 0. The highest BCUT2D eigenvalue weighted by Crippen LogP contribution is 1.92. The molecule has 2 nitrogen and oxygen atoms in total. The van der Waals surface area contributed by atoms with E-state index in [0.29, 0.717) is 0 Å². The lowest BCUT2D eigenvalue weighted by Crippen LogP contribution is -2.24. The van der Waals surface area contributed by atoms with E-state index in [0.717, 1.165) is 39.1 Å². The molecule has 0 amide bonds. The quantitative estimate of drug-likeness (QED) is 0.426. The highest BCUT2D eigenvalue weighted by atomic mass is 16.5. The van der Waals surface area contributed by atoms with Gasteiger partial charge in [-0.3, -0.25) is 0 Å². The molecule has 0 rings (SSSR count). The molecule has 0 aliphatic heterocycles. The molecule has 2 heteroatoms. The molecule has 13 heavy (non-hydrogen) atoms. The van der Waals surface area contributed by atoms with Crippen LogP contribution >= 0.6 is 0 Å². The summed E-state index contributed by atoms with van der Waals surface area (Å²) in [6.45, 7) is 10.8. The number of hydrogen-bond donors (Lipinski definition) is 0.